The summed E-state index contributed by atoms with van der Waals surface area (Å²) in [5, 5.41) is 19.3. The zero-order valence-corrected chi connectivity index (χ0v) is 16.2. The molecule has 1 aromatic rings. The summed E-state index contributed by atoms with van der Waals surface area (Å²) in [6.07, 6.45) is 3.27. The minimum Gasteiger partial charge on any atom is -0.476 e. The number of ether oxygens (including phenoxy) is 2. The molecule has 0 amide bonds. The number of nitrogens with one attached hydrogen (secondary N) is 1. The number of aliphatic carboxylic acids is 1. The van der Waals surface area contributed by atoms with Crippen molar-refractivity contribution in [1.29, 1.82) is 0 Å². The Morgan fingerprint density at radius 3 is 2.33 bits per heavy atom. The van der Waals surface area contributed by atoms with Crippen LogP contribution >= 0.6 is 0 Å². The number of aromatic nitrogens is 2. The van der Waals surface area contributed by atoms with Crippen LogP contribution in [0.2, 0.25) is 0 Å². The fraction of sp³-hybridized carbons (Fsp3) is 0.667. The van der Waals surface area contributed by atoms with E-state index in [4.69, 9.17) is 24.5 Å². The summed E-state index contributed by atoms with van der Waals surface area (Å²) in [5.41, 5.74) is 0.280. The van der Waals surface area contributed by atoms with E-state index in [0.717, 1.165) is 45.5 Å². The highest BCUT2D eigenvalue weighted by atomic mass is 19.4. The maximum Gasteiger partial charge on any atom is 0.490 e. The summed E-state index contributed by atoms with van der Waals surface area (Å²) in [5.74, 6) is -3.51. The topological polar surface area (TPSA) is 131 Å². The molecule has 1 aromatic heterocycles. The van der Waals surface area contributed by atoms with Crippen molar-refractivity contribution in [2.75, 3.05) is 31.7 Å². The molecule has 9 nitrogen and oxygen atoms in total. The average Bonchev–Trinajstić information content (AvgIpc) is 2.70. The second-order valence-electron chi connectivity index (χ2n) is 7.16. The Labute approximate surface area is 170 Å². The Balaban J connectivity index is 0.000000396. The largest absolute Gasteiger partial charge is 0.490 e. The van der Waals surface area contributed by atoms with Gasteiger partial charge in [-0.05, 0) is 37.5 Å². The predicted octanol–water partition coefficient (Wildman–Crippen LogP) is 2.59. The Morgan fingerprint density at radius 2 is 1.80 bits per heavy atom. The van der Waals surface area contributed by atoms with Gasteiger partial charge in [-0.1, -0.05) is 0 Å². The van der Waals surface area contributed by atoms with Gasteiger partial charge in [0, 0.05) is 32.2 Å². The van der Waals surface area contributed by atoms with Gasteiger partial charge in [-0.3, -0.25) is 0 Å². The molecule has 2 saturated heterocycles. The highest BCUT2D eigenvalue weighted by molar-refractivity contribution is 5.90. The summed E-state index contributed by atoms with van der Waals surface area (Å²) >= 11 is 0. The molecule has 0 aliphatic carbocycles. The number of hydrogen-bond donors (Lipinski definition) is 3. The maximum atomic E-state index is 11.1. The lowest BCUT2D eigenvalue weighted by atomic mass is 9.75. The molecule has 12 heteroatoms. The van der Waals surface area contributed by atoms with Crippen molar-refractivity contribution in [3.05, 3.63) is 18.1 Å². The van der Waals surface area contributed by atoms with Crippen LogP contribution in [0.1, 0.15) is 42.6 Å². The second-order valence-corrected chi connectivity index (χ2v) is 7.16. The van der Waals surface area contributed by atoms with Crippen LogP contribution in [0.25, 0.3) is 0 Å². The van der Waals surface area contributed by atoms with Gasteiger partial charge in [-0.15, -0.1) is 0 Å². The zero-order chi connectivity index (χ0) is 22.2. The Bertz CT molecular complexity index is 715. The summed E-state index contributed by atoms with van der Waals surface area (Å²) < 4.78 is 43.2. The minimum absolute atomic E-state index is 0.0433. The standard InChI is InChI=1S/C16H23N3O4.C2HF3O2/c20-15(21)13-14(19-8-7-17-13)18-6-2-12-1-3-16(11-23-12)4-9-22-10-5-16;3-2(4,5)1(6)7/h7-8,12H,1-6,9-11H2,(H,18,19)(H,20,21);(H,6,7). The van der Waals surface area contributed by atoms with Gasteiger partial charge in [0.15, 0.2) is 11.5 Å². The van der Waals surface area contributed by atoms with E-state index in [1.807, 2.05) is 0 Å². The fourth-order valence-electron chi connectivity index (χ4n) is 3.32. The van der Waals surface area contributed by atoms with Gasteiger partial charge in [0.1, 0.15) is 0 Å². The number of carbonyl (C=O) groups is 2. The van der Waals surface area contributed by atoms with E-state index >= 15 is 0 Å². The molecule has 30 heavy (non-hydrogen) atoms. The number of aromatic carboxylic acids is 1. The van der Waals surface area contributed by atoms with Crippen LogP contribution < -0.4 is 5.32 Å². The number of nitrogens with zero attached hydrogens (tertiary/aromatic N) is 2. The number of anilines is 1. The molecule has 0 radical (unpaired) electrons. The monoisotopic (exact) mass is 435 g/mol. The average molecular weight is 435 g/mol. The van der Waals surface area contributed by atoms with Gasteiger partial charge < -0.3 is 25.0 Å². The summed E-state index contributed by atoms with van der Waals surface area (Å²) in [7, 11) is 0. The van der Waals surface area contributed by atoms with Crippen molar-refractivity contribution < 1.29 is 42.4 Å². The van der Waals surface area contributed by atoms with Crippen LogP contribution in [0.3, 0.4) is 0 Å². The van der Waals surface area contributed by atoms with Crippen molar-refractivity contribution in [3.63, 3.8) is 0 Å². The molecular formula is C18H24F3N3O6. The fourth-order valence-corrected chi connectivity index (χ4v) is 3.32. The van der Waals surface area contributed by atoms with Gasteiger partial charge in [0.2, 0.25) is 0 Å². The van der Waals surface area contributed by atoms with E-state index in [1.165, 1.54) is 18.8 Å². The number of hydrogen-bond acceptors (Lipinski definition) is 7. The smallest absolute Gasteiger partial charge is 0.476 e. The van der Waals surface area contributed by atoms with E-state index in [-0.39, 0.29) is 11.8 Å². The quantitative estimate of drug-likeness (QED) is 0.639. The molecule has 1 atom stereocenters. The minimum atomic E-state index is -5.08. The molecule has 3 N–H and O–H groups in total. The van der Waals surface area contributed by atoms with Gasteiger partial charge in [-0.25, -0.2) is 19.6 Å². The normalized spacial score (nSPS) is 20.7. The molecule has 3 rings (SSSR count). The number of carboxylic acids is 2. The van der Waals surface area contributed by atoms with Crippen molar-refractivity contribution in [1.82, 2.24) is 9.97 Å². The molecular weight excluding hydrogens is 411 g/mol. The van der Waals surface area contributed by atoms with Crippen molar-refractivity contribution in [2.24, 2.45) is 5.41 Å². The highest BCUT2D eigenvalue weighted by Gasteiger charge is 2.38. The number of halogens is 3. The molecule has 0 bridgehead atoms. The van der Waals surface area contributed by atoms with Gasteiger partial charge >= 0.3 is 18.1 Å². The maximum absolute atomic E-state index is 11.1. The zero-order valence-electron chi connectivity index (χ0n) is 16.2. The summed E-state index contributed by atoms with van der Waals surface area (Å²) in [4.78, 5) is 27.9. The number of rotatable bonds is 5. The van der Waals surface area contributed by atoms with Gasteiger partial charge in [0.25, 0.3) is 0 Å². The second kappa shape index (κ2) is 10.5. The molecule has 2 fully saturated rings. The van der Waals surface area contributed by atoms with E-state index < -0.39 is 18.1 Å². The SMILES string of the molecule is O=C(O)C(F)(F)F.O=C(O)c1nccnc1NCCC1CCC2(CCOCC2)CO1. The molecule has 168 valence electrons. The van der Waals surface area contributed by atoms with Crippen LogP contribution in [0.4, 0.5) is 19.0 Å². The van der Waals surface area contributed by atoms with Crippen molar-refractivity contribution in [3.8, 4) is 0 Å². The Hall–Kier alpha value is -2.47. The van der Waals surface area contributed by atoms with Crippen LogP contribution in [-0.4, -0.2) is 70.8 Å². The van der Waals surface area contributed by atoms with E-state index in [0.29, 0.717) is 17.8 Å². The van der Waals surface area contributed by atoms with E-state index in [2.05, 4.69) is 15.3 Å². The van der Waals surface area contributed by atoms with Crippen molar-refractivity contribution in [2.45, 2.75) is 44.4 Å². The third kappa shape index (κ3) is 7.10. The lowest BCUT2D eigenvalue weighted by Crippen LogP contribution is -2.40. The molecule has 2 aliphatic heterocycles. The Morgan fingerprint density at radius 1 is 1.17 bits per heavy atom. The first kappa shape index (κ1) is 23.8. The first-order valence-corrected chi connectivity index (χ1v) is 9.41. The lowest BCUT2D eigenvalue weighted by Gasteiger charge is -2.42. The van der Waals surface area contributed by atoms with Crippen LogP contribution in [0.15, 0.2) is 12.4 Å². The summed E-state index contributed by atoms with van der Waals surface area (Å²) in [6, 6.07) is 0. The highest BCUT2D eigenvalue weighted by Crippen LogP contribution is 2.40. The van der Waals surface area contributed by atoms with Crippen LogP contribution in [0.5, 0.6) is 0 Å². The van der Waals surface area contributed by atoms with Crippen LogP contribution in [-0.2, 0) is 14.3 Å². The molecule has 3 heterocycles. The van der Waals surface area contributed by atoms with Crippen molar-refractivity contribution >= 4 is 17.8 Å². The molecule has 1 unspecified atom stereocenters. The lowest BCUT2D eigenvalue weighted by molar-refractivity contribution is -0.192. The predicted molar refractivity (Wildman–Crippen MR) is 97.2 cm³/mol. The number of carboxylic acid groups (broad SMARTS) is 2. The number of alkyl halides is 3. The third-order valence-corrected chi connectivity index (χ3v) is 5.08. The Kier molecular flexibility index (Phi) is 8.35. The molecule has 1 spiro atoms. The van der Waals surface area contributed by atoms with Crippen LogP contribution in [0, 0.1) is 5.41 Å². The molecule has 0 saturated carbocycles. The van der Waals surface area contributed by atoms with E-state index in [1.54, 1.807) is 0 Å². The molecule has 2 aliphatic rings. The third-order valence-electron chi connectivity index (χ3n) is 5.08. The molecule has 0 aromatic carbocycles. The van der Waals surface area contributed by atoms with E-state index in [9.17, 15) is 18.0 Å². The van der Waals surface area contributed by atoms with Gasteiger partial charge in [0.05, 0.1) is 12.7 Å². The van der Waals surface area contributed by atoms with Gasteiger partial charge in [-0.2, -0.15) is 13.2 Å². The first-order chi connectivity index (χ1) is 14.1. The summed E-state index contributed by atoms with van der Waals surface area (Å²) in [6.45, 7) is 3.13. The first-order valence-electron chi connectivity index (χ1n) is 9.41.